The minimum atomic E-state index is 0.430. The lowest BCUT2D eigenvalue weighted by Gasteiger charge is -2.06. The first-order valence-electron chi connectivity index (χ1n) is 5.87. The molecule has 17 heavy (non-hydrogen) atoms. The largest absolute Gasteiger partial charge is 0.195 e. The van der Waals surface area contributed by atoms with Crippen LogP contribution in [0, 0.1) is 11.3 Å². The quantitative estimate of drug-likeness (QED) is 0.679. The molecule has 0 amide bonds. The van der Waals surface area contributed by atoms with Crippen LogP contribution in [0.3, 0.4) is 0 Å². The summed E-state index contributed by atoms with van der Waals surface area (Å²) in [5, 5.41) is 8.80. The molecule has 0 unspecified atom stereocenters. The number of benzene rings is 1. The van der Waals surface area contributed by atoms with E-state index in [0.29, 0.717) is 6.04 Å². The zero-order valence-corrected chi connectivity index (χ0v) is 9.50. The topological polar surface area (TPSA) is 27.7 Å². The van der Waals surface area contributed by atoms with Crippen LogP contribution in [-0.2, 0) is 6.42 Å². The maximum Gasteiger partial charge on any atom is 0.184 e. The molecule has 1 aliphatic heterocycles. The lowest BCUT2D eigenvalue weighted by molar-refractivity contribution is -0.707. The lowest BCUT2D eigenvalue weighted by atomic mass is 10.0. The van der Waals surface area contributed by atoms with Gasteiger partial charge in [0.05, 0.1) is 11.6 Å². The van der Waals surface area contributed by atoms with E-state index in [-0.39, 0.29) is 0 Å². The molecule has 2 nitrogen and oxygen atoms in total. The van der Waals surface area contributed by atoms with E-state index in [1.54, 1.807) is 0 Å². The van der Waals surface area contributed by atoms with Crippen LogP contribution in [0.4, 0.5) is 0 Å². The Balaban J connectivity index is 1.99. The van der Waals surface area contributed by atoms with Gasteiger partial charge in [-0.3, -0.25) is 0 Å². The van der Waals surface area contributed by atoms with Gasteiger partial charge >= 0.3 is 0 Å². The zero-order valence-electron chi connectivity index (χ0n) is 9.50. The van der Waals surface area contributed by atoms with Crippen molar-refractivity contribution in [3.05, 3.63) is 65.5 Å². The number of nitrogens with zero attached hydrogens (tertiary/aromatic N) is 2. The van der Waals surface area contributed by atoms with Crippen LogP contribution in [0.15, 0.2) is 48.7 Å². The van der Waals surface area contributed by atoms with Gasteiger partial charge in [-0.05, 0) is 12.1 Å². The van der Waals surface area contributed by atoms with Crippen molar-refractivity contribution in [2.75, 3.05) is 0 Å². The summed E-state index contributed by atoms with van der Waals surface area (Å²) in [6.45, 7) is 0. The first-order chi connectivity index (χ1) is 8.38. The molecular weight excluding hydrogens is 208 g/mol. The van der Waals surface area contributed by atoms with Crippen molar-refractivity contribution < 1.29 is 4.57 Å². The van der Waals surface area contributed by atoms with Crippen molar-refractivity contribution in [1.82, 2.24) is 0 Å². The van der Waals surface area contributed by atoms with E-state index in [2.05, 4.69) is 47.2 Å². The van der Waals surface area contributed by atoms with Crippen LogP contribution in [-0.4, -0.2) is 0 Å². The van der Waals surface area contributed by atoms with Gasteiger partial charge in [0.2, 0.25) is 0 Å². The molecule has 0 radical (unpaired) electrons. The molecular formula is C15H13N2+. The molecule has 0 fully saturated rings. The normalized spacial score (nSPS) is 17.5. The Bertz CT molecular complexity index is 579. The monoisotopic (exact) mass is 221 g/mol. The fourth-order valence-corrected chi connectivity index (χ4v) is 2.54. The molecule has 0 N–H and O–H groups in total. The Hall–Kier alpha value is -2.14. The maximum atomic E-state index is 8.80. The molecule has 2 heterocycles. The van der Waals surface area contributed by atoms with Gasteiger partial charge in [0, 0.05) is 30.5 Å². The number of fused-ring (bicyclic) bond motifs is 1. The molecule has 1 aliphatic rings. The highest BCUT2D eigenvalue weighted by atomic mass is 15.0. The standard InChI is InChI=1S/C15H13N2/c16-11-12-4-6-13(7-5-12)15-9-8-14-3-1-2-10-17(14)15/h1-7,10,15H,8-9H2/q+1/t15-/m0/s1. The van der Waals surface area contributed by atoms with E-state index < -0.39 is 0 Å². The van der Waals surface area contributed by atoms with Crippen molar-refractivity contribution in [2.24, 2.45) is 0 Å². The summed E-state index contributed by atoms with van der Waals surface area (Å²) >= 11 is 0. The molecule has 0 spiro atoms. The average Bonchev–Trinajstić information content (AvgIpc) is 2.83. The van der Waals surface area contributed by atoms with Crippen molar-refractivity contribution in [3.8, 4) is 6.07 Å². The van der Waals surface area contributed by atoms with Crippen molar-refractivity contribution in [2.45, 2.75) is 18.9 Å². The van der Waals surface area contributed by atoms with Gasteiger partial charge in [-0.25, -0.2) is 0 Å². The van der Waals surface area contributed by atoms with Crippen LogP contribution in [0.5, 0.6) is 0 Å². The molecule has 82 valence electrons. The highest BCUT2D eigenvalue weighted by molar-refractivity contribution is 5.32. The van der Waals surface area contributed by atoms with Gasteiger partial charge in [-0.2, -0.15) is 9.83 Å². The first-order valence-corrected chi connectivity index (χ1v) is 5.87. The van der Waals surface area contributed by atoms with Crippen LogP contribution < -0.4 is 4.57 Å². The number of aromatic nitrogens is 1. The molecule has 1 atom stereocenters. The number of rotatable bonds is 1. The van der Waals surface area contributed by atoms with E-state index in [1.165, 1.54) is 11.3 Å². The van der Waals surface area contributed by atoms with Gasteiger partial charge < -0.3 is 0 Å². The minimum Gasteiger partial charge on any atom is -0.195 e. The molecule has 0 saturated carbocycles. The van der Waals surface area contributed by atoms with Crippen molar-refractivity contribution in [3.63, 3.8) is 0 Å². The molecule has 0 bridgehead atoms. The van der Waals surface area contributed by atoms with Crippen LogP contribution >= 0.6 is 0 Å². The second-order valence-electron chi connectivity index (χ2n) is 4.39. The molecule has 3 rings (SSSR count). The Kier molecular flexibility index (Phi) is 2.38. The third-order valence-electron chi connectivity index (χ3n) is 3.41. The molecule has 2 aromatic rings. The maximum absolute atomic E-state index is 8.80. The van der Waals surface area contributed by atoms with Gasteiger partial charge in [0.15, 0.2) is 17.9 Å². The highest BCUT2D eigenvalue weighted by Crippen LogP contribution is 2.24. The number of nitriles is 1. The number of pyridine rings is 1. The number of hydrogen-bond donors (Lipinski definition) is 0. The molecule has 2 heteroatoms. The summed E-state index contributed by atoms with van der Waals surface area (Å²) in [5.74, 6) is 0. The van der Waals surface area contributed by atoms with Crippen LogP contribution in [0.25, 0.3) is 0 Å². The SMILES string of the molecule is N#Cc1ccc([C@@H]2CCc3cccc[n+]32)cc1. The van der Waals surface area contributed by atoms with E-state index in [9.17, 15) is 0 Å². The van der Waals surface area contributed by atoms with Gasteiger partial charge in [0.25, 0.3) is 0 Å². The van der Waals surface area contributed by atoms with Gasteiger partial charge in [-0.1, -0.05) is 18.2 Å². The highest BCUT2D eigenvalue weighted by Gasteiger charge is 2.30. The van der Waals surface area contributed by atoms with E-state index in [1.807, 2.05) is 12.1 Å². The second-order valence-corrected chi connectivity index (χ2v) is 4.39. The molecule has 1 aromatic carbocycles. The van der Waals surface area contributed by atoms with Gasteiger partial charge in [0.1, 0.15) is 0 Å². The third-order valence-corrected chi connectivity index (χ3v) is 3.41. The molecule has 0 aliphatic carbocycles. The zero-order chi connectivity index (χ0) is 11.7. The fraction of sp³-hybridized carbons (Fsp3) is 0.200. The molecule has 0 saturated heterocycles. The Morgan fingerprint density at radius 2 is 1.94 bits per heavy atom. The fourth-order valence-electron chi connectivity index (χ4n) is 2.54. The summed E-state index contributed by atoms with van der Waals surface area (Å²) in [4.78, 5) is 0. The van der Waals surface area contributed by atoms with Gasteiger partial charge in [-0.15, -0.1) is 0 Å². The Labute approximate surface area is 101 Å². The van der Waals surface area contributed by atoms with Crippen molar-refractivity contribution in [1.29, 1.82) is 5.26 Å². The van der Waals surface area contributed by atoms with E-state index >= 15 is 0 Å². The van der Waals surface area contributed by atoms with Crippen molar-refractivity contribution >= 4 is 0 Å². The number of hydrogen-bond acceptors (Lipinski definition) is 1. The predicted molar refractivity (Wildman–Crippen MR) is 64.3 cm³/mol. The predicted octanol–water partition coefficient (Wildman–Crippen LogP) is 2.38. The number of aryl methyl sites for hydroxylation is 1. The summed E-state index contributed by atoms with van der Waals surface area (Å²) in [6.07, 6.45) is 4.42. The third kappa shape index (κ3) is 1.70. The average molecular weight is 221 g/mol. The summed E-state index contributed by atoms with van der Waals surface area (Å²) in [5.41, 5.74) is 3.41. The summed E-state index contributed by atoms with van der Waals surface area (Å²) < 4.78 is 2.33. The van der Waals surface area contributed by atoms with Crippen LogP contribution in [0.1, 0.15) is 29.3 Å². The Morgan fingerprint density at radius 1 is 1.12 bits per heavy atom. The van der Waals surface area contributed by atoms with E-state index in [0.717, 1.165) is 18.4 Å². The molecule has 1 aromatic heterocycles. The Morgan fingerprint density at radius 3 is 2.71 bits per heavy atom. The minimum absolute atomic E-state index is 0.430. The van der Waals surface area contributed by atoms with Crippen LogP contribution in [0.2, 0.25) is 0 Å². The second kappa shape index (κ2) is 4.03. The first kappa shape index (κ1) is 10.0. The van der Waals surface area contributed by atoms with E-state index in [4.69, 9.17) is 5.26 Å². The smallest absolute Gasteiger partial charge is 0.184 e. The lowest BCUT2D eigenvalue weighted by Crippen LogP contribution is -2.37. The summed E-state index contributed by atoms with van der Waals surface area (Å²) in [6, 6.07) is 16.9. The summed E-state index contributed by atoms with van der Waals surface area (Å²) in [7, 11) is 0.